The highest BCUT2D eigenvalue weighted by Gasteiger charge is 2.57. The summed E-state index contributed by atoms with van der Waals surface area (Å²) < 4.78 is 0. The normalized spacial score (nSPS) is 46.5. The lowest BCUT2D eigenvalue weighted by molar-refractivity contribution is -0.153. The van der Waals surface area contributed by atoms with E-state index in [0.717, 1.165) is 25.7 Å². The first kappa shape index (κ1) is 19.8. The molecule has 2 saturated carbocycles. The molecule has 5 nitrogen and oxygen atoms in total. The smallest absolute Gasteiger partial charge is 0.228 e. The van der Waals surface area contributed by atoms with Crippen molar-refractivity contribution in [2.75, 3.05) is 20.2 Å². The van der Waals surface area contributed by atoms with Gasteiger partial charge in [0.05, 0.1) is 24.7 Å². The molecule has 148 valence electrons. The summed E-state index contributed by atoms with van der Waals surface area (Å²) in [6.07, 6.45) is 3.94. The van der Waals surface area contributed by atoms with Gasteiger partial charge >= 0.3 is 0 Å². The molecule has 26 heavy (non-hydrogen) atoms. The third-order valence-electron chi connectivity index (χ3n) is 8.08. The molecule has 1 saturated heterocycles. The maximum atomic E-state index is 12.3. The number of nitrogens with zero attached hydrogens (tertiary/aromatic N) is 1. The number of rotatable bonds is 4. The van der Waals surface area contributed by atoms with Crippen molar-refractivity contribution < 1.29 is 20.1 Å². The van der Waals surface area contributed by atoms with Gasteiger partial charge < -0.3 is 20.2 Å². The Morgan fingerprint density at radius 2 is 1.92 bits per heavy atom. The van der Waals surface area contributed by atoms with E-state index < -0.39 is 17.6 Å². The molecule has 0 radical (unpaired) electrons. The van der Waals surface area contributed by atoms with Gasteiger partial charge in [0.2, 0.25) is 5.91 Å². The molecule has 0 aromatic heterocycles. The van der Waals surface area contributed by atoms with Crippen molar-refractivity contribution in [1.29, 1.82) is 0 Å². The Hall–Kier alpha value is -0.910. The molecule has 0 bridgehead atoms. The third-order valence-corrected chi connectivity index (χ3v) is 8.08. The molecule has 0 aromatic carbocycles. The molecule has 3 aliphatic rings. The van der Waals surface area contributed by atoms with Crippen LogP contribution in [0.2, 0.25) is 0 Å². The van der Waals surface area contributed by atoms with Gasteiger partial charge in [-0.1, -0.05) is 26.0 Å². The van der Waals surface area contributed by atoms with Crippen LogP contribution in [0.25, 0.3) is 0 Å². The molecule has 3 fully saturated rings. The highest BCUT2D eigenvalue weighted by atomic mass is 16.3. The number of hydrogen-bond donors (Lipinski definition) is 3. The number of likely N-dealkylation sites (N-methyl/N-ethyl adjacent to an activating group) is 1. The average molecular weight is 366 g/mol. The number of fused-ring (bicyclic) bond motifs is 1. The fourth-order valence-corrected chi connectivity index (χ4v) is 6.34. The topological polar surface area (TPSA) is 81.0 Å². The number of carbonyl (C=O) groups is 1. The van der Waals surface area contributed by atoms with Crippen molar-refractivity contribution in [1.82, 2.24) is 4.90 Å². The Bertz CT molecular complexity index is 578. The first-order valence-electron chi connectivity index (χ1n) is 10.0. The van der Waals surface area contributed by atoms with Gasteiger partial charge in [0, 0.05) is 19.0 Å². The minimum Gasteiger partial charge on any atom is -0.396 e. The molecule has 0 spiro atoms. The van der Waals surface area contributed by atoms with E-state index in [4.69, 9.17) is 0 Å². The van der Waals surface area contributed by atoms with Crippen molar-refractivity contribution in [2.45, 2.75) is 64.6 Å². The van der Waals surface area contributed by atoms with Gasteiger partial charge in [-0.25, -0.2) is 0 Å². The van der Waals surface area contributed by atoms with E-state index in [1.54, 1.807) is 11.9 Å². The van der Waals surface area contributed by atoms with Gasteiger partial charge in [0.1, 0.15) is 0 Å². The number of likely N-dealkylation sites (tertiary alicyclic amines) is 1. The highest BCUT2D eigenvalue weighted by Crippen LogP contribution is 2.61. The SMILES string of the molecule is C=C1CC[C@@H]2[C@](C)(CO)[C@H](O)CC[C@@]2(C)[C@@H]1CCC1C(=O)N(C)CC1O. The van der Waals surface area contributed by atoms with Gasteiger partial charge in [0.15, 0.2) is 0 Å². The van der Waals surface area contributed by atoms with Gasteiger partial charge in [-0.3, -0.25) is 4.79 Å². The van der Waals surface area contributed by atoms with Crippen molar-refractivity contribution in [2.24, 2.45) is 28.6 Å². The Morgan fingerprint density at radius 3 is 2.50 bits per heavy atom. The number of allylic oxidation sites excluding steroid dienone is 1. The summed E-state index contributed by atoms with van der Waals surface area (Å²) in [5, 5.41) is 30.9. The molecule has 5 heteroatoms. The quantitative estimate of drug-likeness (QED) is 0.665. The molecule has 7 atom stereocenters. The van der Waals surface area contributed by atoms with Crippen LogP contribution in [-0.2, 0) is 4.79 Å². The first-order valence-corrected chi connectivity index (χ1v) is 10.0. The zero-order valence-corrected chi connectivity index (χ0v) is 16.4. The van der Waals surface area contributed by atoms with Crippen LogP contribution >= 0.6 is 0 Å². The number of carbonyl (C=O) groups excluding carboxylic acids is 1. The van der Waals surface area contributed by atoms with E-state index in [1.807, 2.05) is 6.92 Å². The zero-order valence-electron chi connectivity index (χ0n) is 16.4. The molecule has 0 aromatic rings. The third kappa shape index (κ3) is 2.92. The maximum absolute atomic E-state index is 12.3. The van der Waals surface area contributed by atoms with Crippen LogP contribution < -0.4 is 0 Å². The number of hydrogen-bond acceptors (Lipinski definition) is 4. The molecule has 2 unspecified atom stereocenters. The van der Waals surface area contributed by atoms with Crippen LogP contribution in [0.5, 0.6) is 0 Å². The van der Waals surface area contributed by atoms with E-state index in [1.165, 1.54) is 5.57 Å². The van der Waals surface area contributed by atoms with Gasteiger partial charge in [-0.15, -0.1) is 0 Å². The Labute approximate surface area is 157 Å². The standard InChI is InChI=1S/C21H35NO4/c1-13-5-8-17-20(2,10-9-18(25)21(17,3)12-23)15(13)7-6-14-16(24)11-22(4)19(14)26/h14-18,23-25H,1,5-12H2,2-4H3/t14?,15-,16?,17+,18-,20+,21+/m1/s1. The van der Waals surface area contributed by atoms with Gasteiger partial charge in [-0.2, -0.15) is 0 Å². The predicted octanol–water partition coefficient (Wildman–Crippen LogP) is 1.96. The van der Waals surface area contributed by atoms with E-state index in [-0.39, 0.29) is 35.7 Å². The van der Waals surface area contributed by atoms with Crippen LogP contribution in [0.15, 0.2) is 12.2 Å². The maximum Gasteiger partial charge on any atom is 0.228 e. The zero-order chi connectivity index (χ0) is 19.3. The molecule has 3 N–H and O–H groups in total. The second-order valence-corrected chi connectivity index (χ2v) is 9.50. The Balaban J connectivity index is 1.80. The predicted molar refractivity (Wildman–Crippen MR) is 100 cm³/mol. The van der Waals surface area contributed by atoms with E-state index in [0.29, 0.717) is 19.4 Å². The minimum atomic E-state index is -0.580. The summed E-state index contributed by atoms with van der Waals surface area (Å²) in [6.45, 7) is 9.06. The summed E-state index contributed by atoms with van der Waals surface area (Å²) in [4.78, 5) is 13.9. The average Bonchev–Trinajstić information content (AvgIpc) is 2.83. The van der Waals surface area contributed by atoms with Gasteiger partial charge in [0.25, 0.3) is 0 Å². The lowest BCUT2D eigenvalue weighted by atomic mass is 9.46. The first-order chi connectivity index (χ1) is 12.1. The fraction of sp³-hybridized carbons (Fsp3) is 0.857. The summed E-state index contributed by atoms with van der Waals surface area (Å²) in [5.41, 5.74) is 0.730. The monoisotopic (exact) mass is 365 g/mol. The summed E-state index contributed by atoms with van der Waals surface area (Å²) >= 11 is 0. The van der Waals surface area contributed by atoms with Crippen molar-refractivity contribution in [3.05, 3.63) is 12.2 Å². The number of amides is 1. The minimum absolute atomic E-state index is 0.00175. The second-order valence-electron chi connectivity index (χ2n) is 9.50. The van der Waals surface area contributed by atoms with E-state index in [2.05, 4.69) is 13.5 Å². The molecule has 1 aliphatic heterocycles. The lowest BCUT2D eigenvalue weighted by Crippen LogP contribution is -2.57. The summed E-state index contributed by atoms with van der Waals surface area (Å²) in [7, 11) is 1.75. The molecular weight excluding hydrogens is 330 g/mol. The van der Waals surface area contributed by atoms with Gasteiger partial charge in [-0.05, 0) is 55.8 Å². The highest BCUT2D eigenvalue weighted by molar-refractivity contribution is 5.81. The molecule has 2 aliphatic carbocycles. The van der Waals surface area contributed by atoms with E-state index in [9.17, 15) is 20.1 Å². The lowest BCUT2D eigenvalue weighted by Gasteiger charge is -2.60. The van der Waals surface area contributed by atoms with E-state index >= 15 is 0 Å². The number of aliphatic hydroxyl groups excluding tert-OH is 3. The second kappa shape index (κ2) is 6.92. The summed E-state index contributed by atoms with van der Waals surface area (Å²) in [6, 6.07) is 0. The molecule has 1 heterocycles. The van der Waals surface area contributed by atoms with Crippen LogP contribution in [0, 0.1) is 28.6 Å². The molecule has 1 amide bonds. The van der Waals surface area contributed by atoms with Crippen LogP contribution in [-0.4, -0.2) is 58.5 Å². The summed E-state index contributed by atoms with van der Waals surface area (Å²) in [5.74, 6) is 0.242. The van der Waals surface area contributed by atoms with Crippen LogP contribution in [0.3, 0.4) is 0 Å². The van der Waals surface area contributed by atoms with Crippen molar-refractivity contribution >= 4 is 5.91 Å². The molecular formula is C21H35NO4. The largest absolute Gasteiger partial charge is 0.396 e. The van der Waals surface area contributed by atoms with Crippen LogP contribution in [0.4, 0.5) is 0 Å². The van der Waals surface area contributed by atoms with Crippen molar-refractivity contribution in [3.8, 4) is 0 Å². The number of aliphatic hydroxyl groups is 3. The number of β-amino-alcohol motifs (C(OH)–C–C–N with tert-alkyl or cyclic N) is 1. The Kier molecular flexibility index (Phi) is 5.28. The Morgan fingerprint density at radius 1 is 1.23 bits per heavy atom. The van der Waals surface area contributed by atoms with Crippen molar-refractivity contribution in [3.63, 3.8) is 0 Å². The van der Waals surface area contributed by atoms with Crippen LogP contribution in [0.1, 0.15) is 52.4 Å². The molecule has 3 rings (SSSR count). The fourth-order valence-electron chi connectivity index (χ4n) is 6.34.